The summed E-state index contributed by atoms with van der Waals surface area (Å²) in [6.45, 7) is 3.95. The number of aryl methyl sites for hydroxylation is 2. The number of halogens is 1. The third-order valence-corrected chi connectivity index (χ3v) is 3.56. The Hall–Kier alpha value is -2.97. The van der Waals surface area contributed by atoms with Crippen LogP contribution in [-0.4, -0.2) is 5.91 Å². The molecule has 24 heavy (non-hydrogen) atoms. The molecule has 2 rings (SSSR count). The van der Waals surface area contributed by atoms with Gasteiger partial charge in [0, 0.05) is 17.6 Å². The first-order valence-corrected chi connectivity index (χ1v) is 7.58. The largest absolute Gasteiger partial charge is 0.398 e. The summed E-state index contributed by atoms with van der Waals surface area (Å²) in [5.74, 6) is -0.532. The van der Waals surface area contributed by atoms with Crippen molar-refractivity contribution < 1.29 is 4.79 Å². The third kappa shape index (κ3) is 4.51. The number of carbonyl (C=O) groups excluding carboxylic acids is 1. The molecule has 4 N–H and O–H groups in total. The predicted octanol–water partition coefficient (Wildman–Crippen LogP) is 4.00. The molecule has 6 heteroatoms. The summed E-state index contributed by atoms with van der Waals surface area (Å²) in [6.07, 6.45) is 1.38. The zero-order valence-corrected chi connectivity index (χ0v) is 14.1. The van der Waals surface area contributed by atoms with E-state index in [1.165, 1.54) is 12.3 Å². The van der Waals surface area contributed by atoms with Crippen LogP contribution in [0.25, 0.3) is 0 Å². The van der Waals surface area contributed by atoms with Crippen molar-refractivity contribution in [2.45, 2.75) is 13.8 Å². The van der Waals surface area contributed by atoms with Crippen LogP contribution in [0.1, 0.15) is 11.1 Å². The minimum absolute atomic E-state index is 0.0536. The summed E-state index contributed by atoms with van der Waals surface area (Å²) in [5, 5.41) is 15.1. The average molecular weight is 341 g/mol. The fourth-order valence-corrected chi connectivity index (χ4v) is 2.35. The van der Waals surface area contributed by atoms with Crippen LogP contribution in [0.4, 0.5) is 17.1 Å². The summed E-state index contributed by atoms with van der Waals surface area (Å²) >= 11 is 5.91. The van der Waals surface area contributed by atoms with Gasteiger partial charge in [0.1, 0.15) is 11.6 Å². The molecule has 0 atom stereocenters. The third-order valence-electron chi connectivity index (χ3n) is 3.23. The van der Waals surface area contributed by atoms with Gasteiger partial charge in [-0.2, -0.15) is 5.26 Å². The second-order valence-electron chi connectivity index (χ2n) is 5.38. The lowest BCUT2D eigenvalue weighted by Gasteiger charge is -2.07. The van der Waals surface area contributed by atoms with Gasteiger partial charge in [-0.15, -0.1) is 0 Å². The molecule has 2 aromatic rings. The van der Waals surface area contributed by atoms with Crippen LogP contribution in [0.5, 0.6) is 0 Å². The topological polar surface area (TPSA) is 90.9 Å². The van der Waals surface area contributed by atoms with Gasteiger partial charge >= 0.3 is 0 Å². The van der Waals surface area contributed by atoms with Crippen molar-refractivity contribution in [1.82, 2.24) is 0 Å². The first-order chi connectivity index (χ1) is 11.4. The van der Waals surface area contributed by atoms with Crippen molar-refractivity contribution in [2.75, 3.05) is 16.4 Å². The van der Waals surface area contributed by atoms with Crippen molar-refractivity contribution in [1.29, 1.82) is 5.26 Å². The van der Waals surface area contributed by atoms with E-state index in [1.54, 1.807) is 12.1 Å². The maximum atomic E-state index is 12.2. The van der Waals surface area contributed by atoms with E-state index in [0.717, 1.165) is 16.8 Å². The van der Waals surface area contributed by atoms with Gasteiger partial charge in [0.05, 0.1) is 10.7 Å². The zero-order valence-electron chi connectivity index (χ0n) is 13.4. The zero-order chi connectivity index (χ0) is 17.7. The Morgan fingerprint density at radius 1 is 1.17 bits per heavy atom. The monoisotopic (exact) mass is 340 g/mol. The standard InChI is InChI=1S/C18H17ClN4O/c1-11-5-12(2)7-15(6-11)22-10-13(9-20)18(24)23-14-3-4-17(21)16(19)8-14/h3-8,10,22H,21H2,1-2H3,(H,23,24)/b13-10-. The number of hydrogen-bond donors (Lipinski definition) is 3. The van der Waals surface area contributed by atoms with E-state index in [0.29, 0.717) is 16.4 Å². The number of anilines is 3. The van der Waals surface area contributed by atoms with E-state index in [4.69, 9.17) is 17.3 Å². The lowest BCUT2D eigenvalue weighted by atomic mass is 10.1. The quantitative estimate of drug-likeness (QED) is 0.445. The molecule has 0 aliphatic carbocycles. The van der Waals surface area contributed by atoms with Gasteiger partial charge < -0.3 is 16.4 Å². The molecule has 0 spiro atoms. The molecule has 0 heterocycles. The van der Waals surface area contributed by atoms with Gasteiger partial charge in [-0.25, -0.2) is 0 Å². The fraction of sp³-hybridized carbons (Fsp3) is 0.111. The highest BCUT2D eigenvalue weighted by Gasteiger charge is 2.10. The molecule has 0 aliphatic heterocycles. The molecule has 0 unspecified atom stereocenters. The molecular weight excluding hydrogens is 324 g/mol. The van der Waals surface area contributed by atoms with Gasteiger partial charge in [-0.05, 0) is 55.3 Å². The van der Waals surface area contributed by atoms with Crippen LogP contribution >= 0.6 is 11.6 Å². The molecule has 5 nitrogen and oxygen atoms in total. The highest BCUT2D eigenvalue weighted by Crippen LogP contribution is 2.23. The number of amides is 1. The fourth-order valence-electron chi connectivity index (χ4n) is 2.17. The molecular formula is C18H17ClN4O. The molecule has 0 bridgehead atoms. The molecule has 122 valence electrons. The Labute approximate surface area is 145 Å². The number of nitrogens with one attached hydrogen (secondary N) is 2. The number of nitrogens with zero attached hydrogens (tertiary/aromatic N) is 1. The molecule has 1 amide bonds. The summed E-state index contributed by atoms with van der Waals surface area (Å²) in [6, 6.07) is 12.5. The normalized spacial score (nSPS) is 10.8. The number of hydrogen-bond acceptors (Lipinski definition) is 4. The number of nitriles is 1. The van der Waals surface area contributed by atoms with E-state index in [9.17, 15) is 10.1 Å². The lowest BCUT2D eigenvalue weighted by Crippen LogP contribution is -2.14. The van der Waals surface area contributed by atoms with Crippen LogP contribution in [0.2, 0.25) is 5.02 Å². The average Bonchev–Trinajstić information content (AvgIpc) is 2.50. The van der Waals surface area contributed by atoms with Crippen LogP contribution in [0.15, 0.2) is 48.2 Å². The SMILES string of the molecule is Cc1cc(C)cc(N/C=C(/C#N)C(=O)Nc2ccc(N)c(Cl)c2)c1. The second-order valence-corrected chi connectivity index (χ2v) is 5.79. The van der Waals surface area contributed by atoms with Gasteiger partial charge in [-0.1, -0.05) is 17.7 Å². The minimum Gasteiger partial charge on any atom is -0.398 e. The Bertz CT molecular complexity index is 832. The van der Waals surface area contributed by atoms with E-state index in [1.807, 2.05) is 38.1 Å². The van der Waals surface area contributed by atoms with E-state index in [2.05, 4.69) is 10.6 Å². The highest BCUT2D eigenvalue weighted by atomic mass is 35.5. The van der Waals surface area contributed by atoms with E-state index >= 15 is 0 Å². The Morgan fingerprint density at radius 3 is 2.42 bits per heavy atom. The van der Waals surface area contributed by atoms with Gasteiger partial charge in [-0.3, -0.25) is 4.79 Å². The molecule has 2 aromatic carbocycles. The van der Waals surface area contributed by atoms with Gasteiger partial charge in [0.15, 0.2) is 0 Å². The van der Waals surface area contributed by atoms with Crippen LogP contribution in [-0.2, 0) is 4.79 Å². The second kappa shape index (κ2) is 7.53. The van der Waals surface area contributed by atoms with Gasteiger partial charge in [0.2, 0.25) is 0 Å². The summed E-state index contributed by atoms with van der Waals surface area (Å²) < 4.78 is 0. The number of rotatable bonds is 4. The van der Waals surface area contributed by atoms with Crippen molar-refractivity contribution in [3.8, 4) is 6.07 Å². The molecule has 0 saturated carbocycles. The van der Waals surface area contributed by atoms with Crippen LogP contribution in [0.3, 0.4) is 0 Å². The number of carbonyl (C=O) groups is 1. The first-order valence-electron chi connectivity index (χ1n) is 7.20. The Morgan fingerprint density at radius 2 is 1.83 bits per heavy atom. The van der Waals surface area contributed by atoms with Crippen LogP contribution < -0.4 is 16.4 Å². The maximum Gasteiger partial charge on any atom is 0.267 e. The summed E-state index contributed by atoms with van der Waals surface area (Å²) in [7, 11) is 0. The molecule has 0 radical (unpaired) electrons. The highest BCUT2D eigenvalue weighted by molar-refractivity contribution is 6.33. The number of nitrogens with two attached hydrogens (primary N) is 1. The Balaban J connectivity index is 2.13. The molecule has 0 aliphatic rings. The van der Waals surface area contributed by atoms with E-state index in [-0.39, 0.29) is 5.57 Å². The smallest absolute Gasteiger partial charge is 0.267 e. The van der Waals surface area contributed by atoms with Gasteiger partial charge in [0.25, 0.3) is 5.91 Å². The van der Waals surface area contributed by atoms with Crippen LogP contribution in [0, 0.1) is 25.2 Å². The maximum absolute atomic E-state index is 12.2. The molecule has 0 aromatic heterocycles. The van der Waals surface area contributed by atoms with E-state index < -0.39 is 5.91 Å². The molecule has 0 saturated heterocycles. The lowest BCUT2D eigenvalue weighted by molar-refractivity contribution is -0.112. The number of benzene rings is 2. The van der Waals surface area contributed by atoms with Crippen molar-refractivity contribution in [3.05, 3.63) is 64.3 Å². The first kappa shape index (κ1) is 17.4. The molecule has 0 fully saturated rings. The summed E-state index contributed by atoms with van der Waals surface area (Å²) in [5.41, 5.74) is 9.44. The van der Waals surface area contributed by atoms with Crippen molar-refractivity contribution >= 4 is 34.6 Å². The number of nitrogen functional groups attached to an aromatic ring is 1. The predicted molar refractivity (Wildman–Crippen MR) is 97.7 cm³/mol. The van der Waals surface area contributed by atoms with Crippen molar-refractivity contribution in [2.24, 2.45) is 0 Å². The Kier molecular flexibility index (Phi) is 5.46. The minimum atomic E-state index is -0.532. The van der Waals surface area contributed by atoms with Crippen molar-refractivity contribution in [3.63, 3.8) is 0 Å². The summed E-state index contributed by atoms with van der Waals surface area (Å²) in [4.78, 5) is 12.2.